The van der Waals surface area contributed by atoms with Crippen molar-refractivity contribution in [2.75, 3.05) is 25.1 Å². The third-order valence-corrected chi connectivity index (χ3v) is 7.89. The van der Waals surface area contributed by atoms with Gasteiger partial charge in [0.15, 0.2) is 0 Å². The quantitative estimate of drug-likeness (QED) is 0.381. The summed E-state index contributed by atoms with van der Waals surface area (Å²) in [6, 6.07) is 5.84. The number of hydrogen-bond acceptors (Lipinski definition) is 5. The van der Waals surface area contributed by atoms with Crippen molar-refractivity contribution in [3.05, 3.63) is 47.5 Å². The number of allylic oxidation sites excluding steroid dienone is 3. The van der Waals surface area contributed by atoms with Gasteiger partial charge in [0.25, 0.3) is 5.91 Å². The number of nitrogens with one attached hydrogen (secondary N) is 2. The standard InChI is InChI=1S/C21H27N3O3S2/c1-6-9-14(4)15-10-11-16-17(12-15)28-21(24-16)19(29(5,27)8-3)20(26)23-13-18(25)22-7-2/h6,9-12H,1,7-8,13H2,2-5H3,(H,22,25)(H,23,26)/b14-9+. The highest BCUT2D eigenvalue weighted by atomic mass is 32.2. The number of aromatic nitrogens is 1. The van der Waals surface area contributed by atoms with Gasteiger partial charge >= 0.3 is 0 Å². The zero-order valence-corrected chi connectivity index (χ0v) is 18.8. The summed E-state index contributed by atoms with van der Waals surface area (Å²) in [5, 5.41) is 5.62. The van der Waals surface area contributed by atoms with Crippen LogP contribution in [0.5, 0.6) is 0 Å². The molecule has 6 nitrogen and oxygen atoms in total. The fourth-order valence-electron chi connectivity index (χ4n) is 2.66. The fourth-order valence-corrected chi connectivity index (χ4v) is 5.43. The monoisotopic (exact) mass is 433 g/mol. The van der Waals surface area contributed by atoms with Gasteiger partial charge in [-0.15, -0.1) is 11.3 Å². The van der Waals surface area contributed by atoms with E-state index in [4.69, 9.17) is 0 Å². The van der Waals surface area contributed by atoms with Crippen molar-refractivity contribution in [3.63, 3.8) is 0 Å². The number of amides is 2. The smallest absolute Gasteiger partial charge is 0.262 e. The number of likely N-dealkylation sites (N-methyl/N-ethyl adjacent to an activating group) is 1. The molecule has 1 heterocycles. The molecule has 0 aliphatic heterocycles. The molecule has 0 aliphatic rings. The largest absolute Gasteiger partial charge is 0.355 e. The lowest BCUT2D eigenvalue weighted by molar-refractivity contribution is -0.123. The molecule has 2 aromatic rings. The first kappa shape index (κ1) is 22.8. The van der Waals surface area contributed by atoms with Gasteiger partial charge in [-0.1, -0.05) is 31.7 Å². The van der Waals surface area contributed by atoms with E-state index < -0.39 is 15.4 Å². The van der Waals surface area contributed by atoms with E-state index in [1.807, 2.05) is 31.2 Å². The number of benzene rings is 1. The summed E-state index contributed by atoms with van der Waals surface area (Å²) in [6.07, 6.45) is 5.21. The van der Waals surface area contributed by atoms with E-state index in [1.54, 1.807) is 26.2 Å². The van der Waals surface area contributed by atoms with Crippen molar-refractivity contribution in [1.82, 2.24) is 15.6 Å². The number of hydrogen-bond donors (Lipinski definition) is 2. The number of rotatable bonds is 8. The second kappa shape index (κ2) is 9.84. The van der Waals surface area contributed by atoms with Crippen LogP contribution in [0.25, 0.3) is 15.8 Å². The second-order valence-electron chi connectivity index (χ2n) is 6.55. The first-order valence-corrected chi connectivity index (χ1v) is 12.3. The van der Waals surface area contributed by atoms with Crippen molar-refractivity contribution in [1.29, 1.82) is 0 Å². The number of thiazole rings is 1. The SMILES string of the molecule is C=C/C=C(\C)c1ccc2nc(C(C(=O)NCC(=O)NCC)=S(C)(=O)CC)sc2c1. The Bertz CT molecular complexity index is 1090. The maximum atomic E-state index is 13.2. The average Bonchev–Trinajstić information content (AvgIpc) is 3.09. The molecule has 2 amide bonds. The van der Waals surface area contributed by atoms with E-state index in [0.29, 0.717) is 17.3 Å². The minimum atomic E-state index is -2.61. The average molecular weight is 434 g/mol. The van der Waals surface area contributed by atoms with E-state index in [9.17, 15) is 13.8 Å². The minimum Gasteiger partial charge on any atom is -0.355 e. The molecule has 2 rings (SSSR count). The van der Waals surface area contributed by atoms with Crippen LogP contribution < -0.4 is 10.6 Å². The van der Waals surface area contributed by atoms with Gasteiger partial charge in [-0.2, -0.15) is 0 Å². The second-order valence-corrected chi connectivity index (χ2v) is 10.6. The lowest BCUT2D eigenvalue weighted by Gasteiger charge is -2.11. The van der Waals surface area contributed by atoms with Crippen LogP contribution in [0.15, 0.2) is 36.9 Å². The molecule has 1 aromatic carbocycles. The van der Waals surface area contributed by atoms with Gasteiger partial charge in [0.1, 0.15) is 9.87 Å². The van der Waals surface area contributed by atoms with Crippen LogP contribution in [0.4, 0.5) is 0 Å². The Morgan fingerprint density at radius 1 is 1.28 bits per heavy atom. The zero-order chi connectivity index (χ0) is 21.6. The highest BCUT2D eigenvalue weighted by Crippen LogP contribution is 2.27. The maximum Gasteiger partial charge on any atom is 0.262 e. The molecule has 0 aliphatic carbocycles. The molecule has 29 heavy (non-hydrogen) atoms. The Morgan fingerprint density at radius 3 is 2.62 bits per heavy atom. The van der Waals surface area contributed by atoms with Gasteiger partial charge in [0.05, 0.1) is 16.8 Å². The third-order valence-electron chi connectivity index (χ3n) is 4.38. The number of carbonyl (C=O) groups is 2. The Morgan fingerprint density at radius 2 is 2.00 bits per heavy atom. The molecule has 156 valence electrons. The molecule has 2 N–H and O–H groups in total. The van der Waals surface area contributed by atoms with E-state index >= 15 is 0 Å². The molecule has 0 bridgehead atoms. The van der Waals surface area contributed by atoms with E-state index in [1.165, 1.54) is 11.3 Å². The van der Waals surface area contributed by atoms with Gasteiger partial charge in [-0.25, -0.2) is 4.98 Å². The molecule has 0 saturated carbocycles. The van der Waals surface area contributed by atoms with Crippen molar-refractivity contribution >= 4 is 53.3 Å². The molecule has 0 saturated heterocycles. The van der Waals surface area contributed by atoms with Crippen LogP contribution in [-0.2, 0) is 19.1 Å². The maximum absolute atomic E-state index is 13.2. The van der Waals surface area contributed by atoms with E-state index in [0.717, 1.165) is 21.4 Å². The van der Waals surface area contributed by atoms with Crippen molar-refractivity contribution in [2.24, 2.45) is 0 Å². The molecule has 0 fully saturated rings. The Kier molecular flexibility index (Phi) is 7.75. The lowest BCUT2D eigenvalue weighted by atomic mass is 10.1. The Hall–Kier alpha value is -2.45. The highest BCUT2D eigenvalue weighted by molar-refractivity contribution is 8.03. The van der Waals surface area contributed by atoms with Gasteiger partial charge in [0.2, 0.25) is 5.91 Å². The van der Waals surface area contributed by atoms with Crippen molar-refractivity contribution < 1.29 is 13.8 Å². The normalized spacial score (nSPS) is 13.6. The highest BCUT2D eigenvalue weighted by Gasteiger charge is 2.23. The van der Waals surface area contributed by atoms with Crippen LogP contribution in [0.3, 0.4) is 0 Å². The van der Waals surface area contributed by atoms with Crippen molar-refractivity contribution in [3.8, 4) is 0 Å². The predicted molar refractivity (Wildman–Crippen MR) is 124 cm³/mol. The summed E-state index contributed by atoms with van der Waals surface area (Å²) < 4.78 is 14.1. The molecule has 1 atom stereocenters. The Labute approximate surface area is 176 Å². The molecule has 0 radical (unpaired) electrons. The summed E-state index contributed by atoms with van der Waals surface area (Å²) in [5.74, 6) is -0.510. The predicted octanol–water partition coefficient (Wildman–Crippen LogP) is 2.59. The Balaban J connectivity index is 2.48. The summed E-state index contributed by atoms with van der Waals surface area (Å²) in [7, 11) is -2.61. The summed E-state index contributed by atoms with van der Waals surface area (Å²) >= 11 is 1.33. The van der Waals surface area contributed by atoms with Crippen LogP contribution >= 0.6 is 11.3 Å². The molecule has 0 spiro atoms. The fraction of sp³-hybridized carbons (Fsp3) is 0.333. The van der Waals surface area contributed by atoms with E-state index in [-0.39, 0.29) is 17.3 Å². The molecular weight excluding hydrogens is 406 g/mol. The minimum absolute atomic E-state index is 0.144. The first-order chi connectivity index (χ1) is 13.7. The number of carbonyl (C=O) groups excluding carboxylic acids is 2. The molecular formula is C21H27N3O3S2. The molecule has 8 heteroatoms. The van der Waals surface area contributed by atoms with Gasteiger partial charge in [0, 0.05) is 18.6 Å². The first-order valence-electron chi connectivity index (χ1n) is 9.32. The third kappa shape index (κ3) is 5.55. The van der Waals surface area contributed by atoms with Crippen LogP contribution in [0.2, 0.25) is 0 Å². The topological polar surface area (TPSA) is 88.2 Å². The van der Waals surface area contributed by atoms with E-state index in [2.05, 4.69) is 22.2 Å². The van der Waals surface area contributed by atoms with Crippen LogP contribution in [0.1, 0.15) is 31.3 Å². The molecule has 1 aromatic heterocycles. The zero-order valence-electron chi connectivity index (χ0n) is 17.2. The summed E-state index contributed by atoms with van der Waals surface area (Å²) in [5.41, 5.74) is 2.83. The molecule has 1 unspecified atom stereocenters. The van der Waals surface area contributed by atoms with Crippen molar-refractivity contribution in [2.45, 2.75) is 20.8 Å². The van der Waals surface area contributed by atoms with Gasteiger partial charge < -0.3 is 10.6 Å². The van der Waals surface area contributed by atoms with Gasteiger partial charge in [-0.3, -0.25) is 13.8 Å². The lowest BCUT2D eigenvalue weighted by Crippen LogP contribution is -2.42. The summed E-state index contributed by atoms with van der Waals surface area (Å²) in [6.45, 7) is 9.59. The van der Waals surface area contributed by atoms with Crippen LogP contribution in [-0.4, -0.2) is 51.0 Å². The van der Waals surface area contributed by atoms with Gasteiger partial charge in [-0.05, 0) is 46.6 Å². The number of nitrogens with zero attached hydrogens (tertiary/aromatic N) is 1. The number of fused-ring (bicyclic) bond motifs is 1. The van der Waals surface area contributed by atoms with Crippen LogP contribution in [0, 0.1) is 0 Å². The summed E-state index contributed by atoms with van der Waals surface area (Å²) in [4.78, 5) is 29.2.